The third kappa shape index (κ3) is 3.51. The molecule has 1 aromatic carbocycles. The van der Waals surface area contributed by atoms with Crippen LogP contribution in [-0.2, 0) is 20.8 Å². The molecule has 0 amide bonds. The van der Waals surface area contributed by atoms with E-state index in [0.29, 0.717) is 18.4 Å². The van der Waals surface area contributed by atoms with Gasteiger partial charge in [0, 0.05) is 11.5 Å². The number of carbonyl (C=O) groups excluding carboxylic acids is 1. The van der Waals surface area contributed by atoms with Crippen LogP contribution < -0.4 is 4.90 Å². The zero-order valence-corrected chi connectivity index (χ0v) is 17.4. The molecule has 2 saturated heterocycles. The summed E-state index contributed by atoms with van der Waals surface area (Å²) in [6, 6.07) is 10.4. The molecule has 29 heavy (non-hydrogen) atoms. The Kier molecular flexibility index (Phi) is 4.96. The van der Waals surface area contributed by atoms with E-state index in [2.05, 4.69) is 19.1 Å². The van der Waals surface area contributed by atoms with Crippen LogP contribution in [0.25, 0.3) is 0 Å². The molecule has 0 aromatic heterocycles. The maximum atomic E-state index is 12.9. The maximum Gasteiger partial charge on any atom is 0.315 e. The molecule has 0 radical (unpaired) electrons. The molecule has 2 aliphatic heterocycles. The first-order valence-corrected chi connectivity index (χ1v) is 11.4. The maximum absolute atomic E-state index is 12.9. The Balaban J connectivity index is 1.33. The molecule has 1 spiro atoms. The van der Waals surface area contributed by atoms with Gasteiger partial charge in [0.05, 0.1) is 25.4 Å². The van der Waals surface area contributed by atoms with Crippen molar-refractivity contribution in [1.82, 2.24) is 0 Å². The molecule has 5 nitrogen and oxygen atoms in total. The van der Waals surface area contributed by atoms with E-state index in [1.165, 1.54) is 29.7 Å². The number of nitrogens with one attached hydrogen (secondary N) is 1. The van der Waals surface area contributed by atoms with Crippen LogP contribution in [0.5, 0.6) is 0 Å². The Labute approximate surface area is 173 Å². The highest BCUT2D eigenvalue weighted by atomic mass is 16.6. The summed E-state index contributed by atoms with van der Waals surface area (Å²) < 4.78 is 12.0. The standard InChI is InChI=1S/C24H33NO4/c1-23-8-5-9-24(16-28-24)21(23)12-18-19(22(27)29-20(18)13-23)15-25(10-11-26)14-17-6-3-2-4-7-17/h2-4,6-7,18-21,26H,5,8-16H2,1H3/p+1/t18-,19-,20-,21+,23-,24+/m1/s1. The van der Waals surface area contributed by atoms with E-state index in [-0.39, 0.29) is 35.6 Å². The number of fused-ring (bicyclic) bond motifs is 3. The van der Waals surface area contributed by atoms with Gasteiger partial charge in [0.15, 0.2) is 0 Å². The van der Waals surface area contributed by atoms with Gasteiger partial charge in [0.2, 0.25) is 0 Å². The van der Waals surface area contributed by atoms with Gasteiger partial charge in [-0.05, 0) is 43.4 Å². The van der Waals surface area contributed by atoms with Crippen molar-refractivity contribution in [2.75, 3.05) is 26.3 Å². The van der Waals surface area contributed by atoms with Crippen molar-refractivity contribution in [3.63, 3.8) is 0 Å². The lowest BCUT2D eigenvalue weighted by Crippen LogP contribution is -3.12. The molecule has 4 fully saturated rings. The fourth-order valence-electron chi connectivity index (χ4n) is 6.81. The Bertz CT molecular complexity index is 749. The van der Waals surface area contributed by atoms with E-state index in [9.17, 15) is 9.90 Å². The minimum Gasteiger partial charge on any atom is -0.462 e. The molecule has 1 unspecified atom stereocenters. The van der Waals surface area contributed by atoms with Crippen molar-refractivity contribution in [3.8, 4) is 0 Å². The second kappa shape index (κ2) is 7.36. The van der Waals surface area contributed by atoms with Crippen molar-refractivity contribution in [2.45, 2.75) is 57.3 Å². The third-order valence-corrected chi connectivity index (χ3v) is 8.35. The lowest BCUT2D eigenvalue weighted by atomic mass is 9.53. The number of epoxide rings is 1. The number of aliphatic hydroxyl groups excluding tert-OH is 1. The number of hydrogen-bond acceptors (Lipinski definition) is 4. The normalized spacial score (nSPS) is 41.5. The molecular formula is C24H34NO4+. The molecule has 1 aromatic rings. The van der Waals surface area contributed by atoms with E-state index in [0.717, 1.165) is 32.5 Å². The first kappa shape index (κ1) is 19.5. The van der Waals surface area contributed by atoms with Gasteiger partial charge in [-0.2, -0.15) is 0 Å². The minimum atomic E-state index is -0.0625. The van der Waals surface area contributed by atoms with Crippen LogP contribution in [0.1, 0.15) is 44.6 Å². The lowest BCUT2D eigenvalue weighted by molar-refractivity contribution is -0.916. The molecular weight excluding hydrogens is 366 g/mol. The minimum absolute atomic E-state index is 0.0171. The number of ether oxygens (including phenoxy) is 2. The summed E-state index contributed by atoms with van der Waals surface area (Å²) in [6.07, 6.45) is 5.74. The topological polar surface area (TPSA) is 63.5 Å². The number of esters is 1. The van der Waals surface area contributed by atoms with Crippen LogP contribution in [0.15, 0.2) is 30.3 Å². The van der Waals surface area contributed by atoms with Gasteiger partial charge in [-0.3, -0.25) is 4.79 Å². The summed E-state index contributed by atoms with van der Waals surface area (Å²) in [5.74, 6) is 0.769. The Morgan fingerprint density at radius 2 is 2.03 bits per heavy atom. The second-order valence-corrected chi connectivity index (χ2v) is 10.2. The predicted octanol–water partition coefficient (Wildman–Crippen LogP) is 1.59. The summed E-state index contributed by atoms with van der Waals surface area (Å²) in [5, 5.41) is 9.60. The molecule has 7 atom stereocenters. The van der Waals surface area contributed by atoms with Crippen LogP contribution in [0.3, 0.4) is 0 Å². The van der Waals surface area contributed by atoms with Crippen LogP contribution in [-0.4, -0.2) is 49.1 Å². The van der Waals surface area contributed by atoms with Crippen molar-refractivity contribution < 1.29 is 24.3 Å². The van der Waals surface area contributed by atoms with Gasteiger partial charge < -0.3 is 19.5 Å². The quantitative estimate of drug-likeness (QED) is 0.562. The average Bonchev–Trinajstić information content (AvgIpc) is 3.40. The number of carbonyl (C=O) groups is 1. The van der Waals surface area contributed by atoms with Crippen LogP contribution in [0.2, 0.25) is 0 Å². The highest BCUT2D eigenvalue weighted by Crippen LogP contribution is 2.62. The number of hydrogen-bond donors (Lipinski definition) is 2. The zero-order valence-electron chi connectivity index (χ0n) is 17.4. The van der Waals surface area contributed by atoms with Gasteiger partial charge in [-0.25, -0.2) is 0 Å². The van der Waals surface area contributed by atoms with Gasteiger partial charge in [0.1, 0.15) is 25.1 Å². The highest BCUT2D eigenvalue weighted by Gasteiger charge is 2.65. The molecule has 2 saturated carbocycles. The van der Waals surface area contributed by atoms with Crippen LogP contribution in [0, 0.1) is 23.2 Å². The van der Waals surface area contributed by atoms with Crippen molar-refractivity contribution >= 4 is 5.97 Å². The predicted molar refractivity (Wildman–Crippen MR) is 108 cm³/mol. The van der Waals surface area contributed by atoms with E-state index in [1.807, 2.05) is 18.2 Å². The molecule has 5 rings (SSSR count). The summed E-state index contributed by atoms with van der Waals surface area (Å²) in [6.45, 7) is 5.67. The number of aliphatic hydroxyl groups is 1. The van der Waals surface area contributed by atoms with Gasteiger partial charge in [0.25, 0.3) is 0 Å². The largest absolute Gasteiger partial charge is 0.462 e. The Hall–Kier alpha value is -1.43. The third-order valence-electron chi connectivity index (χ3n) is 8.35. The smallest absolute Gasteiger partial charge is 0.315 e. The average molecular weight is 401 g/mol. The number of quaternary nitrogens is 1. The number of benzene rings is 1. The summed E-state index contributed by atoms with van der Waals surface area (Å²) >= 11 is 0. The Morgan fingerprint density at radius 1 is 1.24 bits per heavy atom. The van der Waals surface area contributed by atoms with Gasteiger partial charge >= 0.3 is 5.97 Å². The summed E-state index contributed by atoms with van der Waals surface area (Å²) in [7, 11) is 0. The van der Waals surface area contributed by atoms with E-state index < -0.39 is 0 Å². The van der Waals surface area contributed by atoms with E-state index >= 15 is 0 Å². The van der Waals surface area contributed by atoms with Crippen LogP contribution >= 0.6 is 0 Å². The second-order valence-electron chi connectivity index (χ2n) is 10.2. The highest BCUT2D eigenvalue weighted by molar-refractivity contribution is 5.75. The molecule has 2 aliphatic carbocycles. The molecule has 4 aliphatic rings. The molecule has 2 N–H and O–H groups in total. The molecule has 0 bridgehead atoms. The fraction of sp³-hybridized carbons (Fsp3) is 0.708. The zero-order chi connectivity index (χ0) is 20.1. The SMILES string of the molecule is C[C@]12CCC[C@]3(CO3)[C@H]1C[C@H]1[C@@H](C2)OC(=O)[C@@H]1C[NH+](CCO)Cc1ccccc1. The first-order valence-electron chi connectivity index (χ1n) is 11.4. The van der Waals surface area contributed by atoms with Crippen molar-refractivity contribution in [1.29, 1.82) is 0 Å². The monoisotopic (exact) mass is 400 g/mol. The van der Waals surface area contributed by atoms with Gasteiger partial charge in [-0.1, -0.05) is 37.3 Å². The van der Waals surface area contributed by atoms with Crippen molar-refractivity contribution in [2.24, 2.45) is 23.2 Å². The first-order chi connectivity index (χ1) is 14.0. The van der Waals surface area contributed by atoms with Crippen LogP contribution in [0.4, 0.5) is 0 Å². The van der Waals surface area contributed by atoms with Gasteiger partial charge in [-0.15, -0.1) is 0 Å². The molecule has 5 heteroatoms. The molecule has 158 valence electrons. The fourth-order valence-corrected chi connectivity index (χ4v) is 6.81. The Morgan fingerprint density at radius 3 is 2.76 bits per heavy atom. The summed E-state index contributed by atoms with van der Waals surface area (Å²) in [4.78, 5) is 14.2. The van der Waals surface area contributed by atoms with Crippen molar-refractivity contribution in [3.05, 3.63) is 35.9 Å². The lowest BCUT2D eigenvalue weighted by Gasteiger charge is -2.51. The molecule has 2 heterocycles. The summed E-state index contributed by atoms with van der Waals surface area (Å²) in [5.41, 5.74) is 1.58. The van der Waals surface area contributed by atoms with E-state index in [4.69, 9.17) is 9.47 Å². The number of rotatable bonds is 6. The van der Waals surface area contributed by atoms with E-state index in [1.54, 1.807) is 0 Å².